The van der Waals surface area contributed by atoms with Crippen LogP contribution in [0.2, 0.25) is 0 Å². The second kappa shape index (κ2) is 9.45. The summed E-state index contributed by atoms with van der Waals surface area (Å²) in [6.07, 6.45) is -0.589. The monoisotopic (exact) mass is 389 g/mol. The Balaban J connectivity index is 1.90. The number of nitrogens with one attached hydrogen (secondary N) is 2. The van der Waals surface area contributed by atoms with Gasteiger partial charge >= 0.3 is 5.97 Å². The zero-order chi connectivity index (χ0) is 20.7. The van der Waals surface area contributed by atoms with E-state index in [4.69, 9.17) is 4.74 Å². The molecule has 148 valence electrons. The number of ether oxygens (including phenoxy) is 1. The summed E-state index contributed by atoms with van der Waals surface area (Å²) >= 11 is 0. The molecular formula is C19H20FN3O5. The Kier molecular flexibility index (Phi) is 7.02. The highest BCUT2D eigenvalue weighted by molar-refractivity contribution is 5.93. The molecule has 1 atom stereocenters. The standard InChI is InChI=1S/C19H20FN3O5/c1-12(18(24)22-10-9-13-3-6-15(20)7-4-13)28-19(25)14-5-8-16(21-2)17(11-14)23(26)27/h3-8,11-12,21H,9-10H2,1-2H3,(H,22,24)/t12-/m1/s1. The van der Waals surface area contributed by atoms with E-state index in [1.165, 1.54) is 38.2 Å². The predicted octanol–water partition coefficient (Wildman–Crippen LogP) is 2.68. The fraction of sp³-hybridized carbons (Fsp3) is 0.263. The van der Waals surface area contributed by atoms with Crippen LogP contribution in [0.4, 0.5) is 15.8 Å². The van der Waals surface area contributed by atoms with Gasteiger partial charge < -0.3 is 15.4 Å². The van der Waals surface area contributed by atoms with Crippen LogP contribution in [0.3, 0.4) is 0 Å². The van der Waals surface area contributed by atoms with Gasteiger partial charge in [0.15, 0.2) is 6.10 Å². The minimum atomic E-state index is -1.08. The lowest BCUT2D eigenvalue weighted by atomic mass is 10.1. The molecule has 2 N–H and O–H groups in total. The van der Waals surface area contributed by atoms with Crippen molar-refractivity contribution in [2.24, 2.45) is 0 Å². The molecule has 9 heteroatoms. The number of hydrogen-bond donors (Lipinski definition) is 2. The molecular weight excluding hydrogens is 369 g/mol. The van der Waals surface area contributed by atoms with Crippen LogP contribution in [0.1, 0.15) is 22.8 Å². The van der Waals surface area contributed by atoms with Crippen molar-refractivity contribution in [3.63, 3.8) is 0 Å². The van der Waals surface area contributed by atoms with Gasteiger partial charge in [0, 0.05) is 19.7 Å². The first-order valence-electron chi connectivity index (χ1n) is 8.51. The normalized spacial score (nSPS) is 11.4. The van der Waals surface area contributed by atoms with Crippen LogP contribution < -0.4 is 10.6 Å². The number of benzene rings is 2. The molecule has 8 nitrogen and oxygen atoms in total. The molecule has 1 amide bonds. The topological polar surface area (TPSA) is 111 Å². The van der Waals surface area contributed by atoms with Gasteiger partial charge in [0.2, 0.25) is 0 Å². The number of rotatable bonds is 8. The lowest BCUT2D eigenvalue weighted by Crippen LogP contribution is -2.36. The zero-order valence-electron chi connectivity index (χ0n) is 15.4. The quantitative estimate of drug-likeness (QED) is 0.408. The van der Waals surface area contributed by atoms with Crippen molar-refractivity contribution in [3.05, 3.63) is 69.5 Å². The van der Waals surface area contributed by atoms with Crippen LogP contribution in [0, 0.1) is 15.9 Å². The lowest BCUT2D eigenvalue weighted by Gasteiger charge is -2.14. The molecule has 0 spiro atoms. The Morgan fingerprint density at radius 3 is 2.50 bits per heavy atom. The van der Waals surface area contributed by atoms with Crippen LogP contribution in [-0.2, 0) is 16.0 Å². The van der Waals surface area contributed by atoms with Gasteiger partial charge in [-0.25, -0.2) is 9.18 Å². The molecule has 0 bridgehead atoms. The van der Waals surface area contributed by atoms with Gasteiger partial charge in [0.25, 0.3) is 11.6 Å². The van der Waals surface area contributed by atoms with E-state index in [0.29, 0.717) is 6.42 Å². The number of anilines is 1. The summed E-state index contributed by atoms with van der Waals surface area (Å²) in [4.78, 5) is 34.7. The van der Waals surface area contributed by atoms with Crippen LogP contribution in [0.15, 0.2) is 42.5 Å². The van der Waals surface area contributed by atoms with Gasteiger partial charge in [-0.05, 0) is 43.2 Å². The summed E-state index contributed by atoms with van der Waals surface area (Å²) in [6, 6.07) is 9.76. The SMILES string of the molecule is CNc1ccc(C(=O)O[C@H](C)C(=O)NCCc2ccc(F)cc2)cc1[N+](=O)[O-]. The number of amides is 1. The summed E-state index contributed by atoms with van der Waals surface area (Å²) in [7, 11) is 1.53. The number of halogens is 1. The fourth-order valence-corrected chi connectivity index (χ4v) is 2.43. The van der Waals surface area contributed by atoms with E-state index < -0.39 is 22.9 Å². The maximum Gasteiger partial charge on any atom is 0.339 e. The minimum absolute atomic E-state index is 0.0309. The van der Waals surface area contributed by atoms with Crippen LogP contribution in [-0.4, -0.2) is 36.5 Å². The molecule has 0 radical (unpaired) electrons. The molecule has 0 fully saturated rings. The maximum atomic E-state index is 12.9. The highest BCUT2D eigenvalue weighted by atomic mass is 19.1. The third kappa shape index (κ3) is 5.50. The van der Waals surface area contributed by atoms with Crippen molar-refractivity contribution >= 4 is 23.3 Å². The number of carbonyl (C=O) groups is 2. The average Bonchev–Trinajstić information content (AvgIpc) is 2.68. The van der Waals surface area contributed by atoms with Gasteiger partial charge in [0.1, 0.15) is 11.5 Å². The molecule has 2 aromatic carbocycles. The number of nitro groups is 1. The summed E-state index contributed by atoms with van der Waals surface area (Å²) in [5, 5.41) is 16.4. The Labute approximate surface area is 160 Å². The molecule has 2 aromatic rings. The molecule has 2 rings (SSSR count). The predicted molar refractivity (Wildman–Crippen MR) is 101 cm³/mol. The molecule has 0 aromatic heterocycles. The highest BCUT2D eigenvalue weighted by Crippen LogP contribution is 2.25. The zero-order valence-corrected chi connectivity index (χ0v) is 15.4. The highest BCUT2D eigenvalue weighted by Gasteiger charge is 2.22. The third-order valence-electron chi connectivity index (χ3n) is 3.98. The summed E-state index contributed by atoms with van der Waals surface area (Å²) in [5.74, 6) is -1.68. The molecule has 0 unspecified atom stereocenters. The fourth-order valence-electron chi connectivity index (χ4n) is 2.43. The maximum absolute atomic E-state index is 12.9. The molecule has 0 aliphatic heterocycles. The van der Waals surface area contributed by atoms with E-state index >= 15 is 0 Å². The molecule has 0 heterocycles. The molecule has 0 saturated carbocycles. The van der Waals surface area contributed by atoms with E-state index in [1.807, 2.05) is 0 Å². The van der Waals surface area contributed by atoms with E-state index in [0.717, 1.165) is 11.6 Å². The Hall–Kier alpha value is -3.49. The number of esters is 1. The Morgan fingerprint density at radius 2 is 1.89 bits per heavy atom. The van der Waals surface area contributed by atoms with Gasteiger partial charge in [-0.15, -0.1) is 0 Å². The summed E-state index contributed by atoms with van der Waals surface area (Å²) in [6.45, 7) is 1.69. The first-order valence-corrected chi connectivity index (χ1v) is 8.51. The van der Waals surface area contributed by atoms with Crippen molar-refractivity contribution in [3.8, 4) is 0 Å². The van der Waals surface area contributed by atoms with E-state index in [1.54, 1.807) is 12.1 Å². The van der Waals surface area contributed by atoms with Gasteiger partial charge in [-0.2, -0.15) is 0 Å². The van der Waals surface area contributed by atoms with E-state index in [-0.39, 0.29) is 29.3 Å². The van der Waals surface area contributed by atoms with E-state index in [2.05, 4.69) is 10.6 Å². The molecule has 28 heavy (non-hydrogen) atoms. The third-order valence-corrected chi connectivity index (χ3v) is 3.98. The minimum Gasteiger partial charge on any atom is -0.449 e. The van der Waals surface area contributed by atoms with E-state index in [9.17, 15) is 24.1 Å². The van der Waals surface area contributed by atoms with Crippen molar-refractivity contribution in [1.82, 2.24) is 5.32 Å². The first kappa shape index (κ1) is 20.8. The summed E-state index contributed by atoms with van der Waals surface area (Å²) < 4.78 is 17.9. The number of hydrogen-bond acceptors (Lipinski definition) is 6. The molecule has 0 aliphatic rings. The number of nitro benzene ring substituents is 1. The van der Waals surface area contributed by atoms with Gasteiger partial charge in [-0.3, -0.25) is 14.9 Å². The number of nitrogens with zero attached hydrogens (tertiary/aromatic N) is 1. The van der Waals surface area contributed by atoms with Gasteiger partial charge in [-0.1, -0.05) is 12.1 Å². The Bertz CT molecular complexity index is 870. The Morgan fingerprint density at radius 1 is 1.21 bits per heavy atom. The van der Waals surface area contributed by atoms with Crippen molar-refractivity contribution in [2.45, 2.75) is 19.4 Å². The van der Waals surface area contributed by atoms with Crippen molar-refractivity contribution in [1.29, 1.82) is 0 Å². The van der Waals surface area contributed by atoms with Crippen LogP contribution in [0.25, 0.3) is 0 Å². The largest absolute Gasteiger partial charge is 0.449 e. The lowest BCUT2D eigenvalue weighted by molar-refractivity contribution is -0.384. The molecule has 0 saturated heterocycles. The number of carbonyl (C=O) groups excluding carboxylic acids is 2. The average molecular weight is 389 g/mol. The second-order valence-electron chi connectivity index (χ2n) is 5.95. The molecule has 0 aliphatic carbocycles. The summed E-state index contributed by atoms with van der Waals surface area (Å²) in [5.41, 5.74) is 0.807. The van der Waals surface area contributed by atoms with Gasteiger partial charge in [0.05, 0.1) is 10.5 Å². The van der Waals surface area contributed by atoms with Crippen molar-refractivity contribution in [2.75, 3.05) is 18.9 Å². The van der Waals surface area contributed by atoms with Crippen LogP contribution in [0.5, 0.6) is 0 Å². The van der Waals surface area contributed by atoms with Crippen LogP contribution >= 0.6 is 0 Å². The van der Waals surface area contributed by atoms with Crippen molar-refractivity contribution < 1.29 is 23.6 Å². The second-order valence-corrected chi connectivity index (χ2v) is 5.95. The first-order chi connectivity index (χ1) is 13.3. The smallest absolute Gasteiger partial charge is 0.339 e.